The number of hydrogen-bond donors (Lipinski definition) is 1. The van der Waals surface area contributed by atoms with Crippen LogP contribution in [0.4, 0.5) is 4.79 Å². The molecule has 0 aromatic heterocycles. The lowest BCUT2D eigenvalue weighted by Crippen LogP contribution is -2.33. The van der Waals surface area contributed by atoms with Gasteiger partial charge in [0, 0.05) is 34.7 Å². The molecule has 1 amide bonds. The van der Waals surface area contributed by atoms with E-state index in [1.54, 1.807) is 49.6 Å². The predicted octanol–water partition coefficient (Wildman–Crippen LogP) is 6.71. The SMILES string of the molecule is COc1ccc2c(c1)Oc1cc(OC(=O)CNC(=O)OCC3c4ccccc4-c4ccccc43)ccc1C21OC(=O)c2ccccc21. The molecular weight excluding hydrogens is 598 g/mol. The van der Waals surface area contributed by atoms with Gasteiger partial charge in [0.25, 0.3) is 0 Å². The molecular formula is C38H27NO8. The van der Waals surface area contributed by atoms with Crippen LogP contribution in [0.5, 0.6) is 23.0 Å². The summed E-state index contributed by atoms with van der Waals surface area (Å²) in [6.45, 7) is -0.289. The number of benzene rings is 5. The highest BCUT2D eigenvalue weighted by molar-refractivity contribution is 5.97. The van der Waals surface area contributed by atoms with Gasteiger partial charge in [0.05, 0.1) is 12.7 Å². The maximum absolute atomic E-state index is 13.0. The van der Waals surface area contributed by atoms with Crippen molar-refractivity contribution in [3.05, 3.63) is 143 Å². The van der Waals surface area contributed by atoms with E-state index in [0.717, 1.165) is 22.3 Å². The lowest BCUT2D eigenvalue weighted by atomic mass is 9.77. The number of carbonyl (C=O) groups is 3. The van der Waals surface area contributed by atoms with E-state index in [-0.39, 0.29) is 18.3 Å². The molecule has 1 aliphatic carbocycles. The molecule has 1 spiro atoms. The van der Waals surface area contributed by atoms with Crippen molar-refractivity contribution < 1.29 is 38.1 Å². The monoisotopic (exact) mass is 625 g/mol. The second kappa shape index (κ2) is 11.1. The van der Waals surface area contributed by atoms with Crippen molar-refractivity contribution in [2.24, 2.45) is 0 Å². The fourth-order valence-corrected chi connectivity index (χ4v) is 6.79. The molecule has 0 saturated carbocycles. The van der Waals surface area contributed by atoms with Gasteiger partial charge in [0.15, 0.2) is 5.60 Å². The zero-order valence-corrected chi connectivity index (χ0v) is 25.1. The van der Waals surface area contributed by atoms with Gasteiger partial charge < -0.3 is 29.0 Å². The molecule has 8 rings (SSSR count). The Morgan fingerprint density at radius 1 is 0.745 bits per heavy atom. The molecule has 232 valence electrons. The lowest BCUT2D eigenvalue weighted by molar-refractivity contribution is -0.133. The van der Waals surface area contributed by atoms with Crippen LogP contribution in [-0.2, 0) is 19.9 Å². The third-order valence-electron chi connectivity index (χ3n) is 8.84. The third-order valence-corrected chi connectivity index (χ3v) is 8.84. The minimum absolute atomic E-state index is 0.102. The van der Waals surface area contributed by atoms with Crippen molar-refractivity contribution >= 4 is 18.0 Å². The van der Waals surface area contributed by atoms with Crippen LogP contribution in [0.15, 0.2) is 109 Å². The molecule has 5 aromatic carbocycles. The van der Waals surface area contributed by atoms with Crippen LogP contribution >= 0.6 is 0 Å². The molecule has 2 aliphatic heterocycles. The van der Waals surface area contributed by atoms with E-state index in [9.17, 15) is 14.4 Å². The van der Waals surface area contributed by atoms with Crippen LogP contribution in [0.1, 0.15) is 44.1 Å². The number of fused-ring (bicyclic) bond motifs is 9. The summed E-state index contributed by atoms with van der Waals surface area (Å²) in [6.07, 6.45) is -0.730. The van der Waals surface area contributed by atoms with Crippen LogP contribution in [0.2, 0.25) is 0 Å². The first-order valence-electron chi connectivity index (χ1n) is 15.1. The number of esters is 2. The molecule has 2 heterocycles. The first-order valence-corrected chi connectivity index (χ1v) is 15.1. The van der Waals surface area contributed by atoms with Gasteiger partial charge in [0.2, 0.25) is 0 Å². The number of alkyl carbamates (subject to hydrolysis) is 1. The topological polar surface area (TPSA) is 109 Å². The molecule has 0 bridgehead atoms. The summed E-state index contributed by atoms with van der Waals surface area (Å²) in [7, 11) is 1.55. The Labute approximate surface area is 269 Å². The molecule has 3 aliphatic rings. The summed E-state index contributed by atoms with van der Waals surface area (Å²) in [5.74, 6) is 0.250. The van der Waals surface area contributed by atoms with E-state index in [0.29, 0.717) is 39.5 Å². The summed E-state index contributed by atoms with van der Waals surface area (Å²) in [6, 6.07) is 33.5. The second-order valence-corrected chi connectivity index (χ2v) is 11.4. The van der Waals surface area contributed by atoms with E-state index in [2.05, 4.69) is 17.4 Å². The Hall–Kier alpha value is -6.09. The van der Waals surface area contributed by atoms with Crippen molar-refractivity contribution in [1.82, 2.24) is 5.32 Å². The van der Waals surface area contributed by atoms with E-state index in [1.165, 1.54) is 0 Å². The summed E-state index contributed by atoms with van der Waals surface area (Å²) in [5, 5.41) is 2.48. The zero-order valence-electron chi connectivity index (χ0n) is 25.1. The van der Waals surface area contributed by atoms with Gasteiger partial charge in [-0.15, -0.1) is 0 Å². The number of methoxy groups -OCH3 is 1. The average Bonchev–Trinajstić information content (AvgIpc) is 3.58. The lowest BCUT2D eigenvalue weighted by Gasteiger charge is -2.36. The fourth-order valence-electron chi connectivity index (χ4n) is 6.79. The van der Waals surface area contributed by atoms with E-state index in [4.69, 9.17) is 23.7 Å². The zero-order chi connectivity index (χ0) is 32.1. The molecule has 0 radical (unpaired) electrons. The van der Waals surface area contributed by atoms with Crippen molar-refractivity contribution in [3.8, 4) is 34.1 Å². The summed E-state index contributed by atoms with van der Waals surface area (Å²) in [5.41, 5.74) is 5.51. The number of hydrogen-bond acceptors (Lipinski definition) is 8. The Kier molecular flexibility index (Phi) is 6.68. The molecule has 1 unspecified atom stereocenters. The van der Waals surface area contributed by atoms with Crippen LogP contribution < -0.4 is 19.5 Å². The van der Waals surface area contributed by atoms with Gasteiger partial charge in [0.1, 0.15) is 36.1 Å². The highest BCUT2D eigenvalue weighted by atomic mass is 16.6. The third kappa shape index (κ3) is 4.58. The number of rotatable bonds is 6. The summed E-state index contributed by atoms with van der Waals surface area (Å²) >= 11 is 0. The normalized spacial score (nSPS) is 16.5. The summed E-state index contributed by atoms with van der Waals surface area (Å²) in [4.78, 5) is 38.4. The van der Waals surface area contributed by atoms with Crippen molar-refractivity contribution in [1.29, 1.82) is 0 Å². The molecule has 0 saturated heterocycles. The van der Waals surface area contributed by atoms with Crippen LogP contribution in [-0.4, -0.2) is 38.3 Å². The minimum atomic E-state index is -1.27. The van der Waals surface area contributed by atoms with Crippen molar-refractivity contribution in [2.75, 3.05) is 20.3 Å². The van der Waals surface area contributed by atoms with Gasteiger partial charge >= 0.3 is 18.0 Å². The van der Waals surface area contributed by atoms with Gasteiger partial charge in [-0.05, 0) is 52.6 Å². The Bertz CT molecular complexity index is 2060. The highest BCUT2D eigenvalue weighted by Crippen LogP contribution is 2.57. The maximum atomic E-state index is 13.0. The Balaban J connectivity index is 0.975. The van der Waals surface area contributed by atoms with E-state index in [1.807, 2.05) is 54.6 Å². The largest absolute Gasteiger partial charge is 0.497 e. The standard InChI is InChI=1S/C38H27NO8/c1-43-22-14-16-31-33(18-22)46-34-19-23(15-17-32(34)38(31)30-13-7-6-12-28(30)36(41)47-38)45-35(40)20-39-37(42)44-21-29-26-10-4-2-8-24(26)25-9-3-5-11-27(25)29/h2-19,29H,20-21H2,1H3,(H,39,42). The maximum Gasteiger partial charge on any atom is 0.407 e. The van der Waals surface area contributed by atoms with Crippen molar-refractivity contribution in [2.45, 2.75) is 11.5 Å². The van der Waals surface area contributed by atoms with Crippen molar-refractivity contribution in [3.63, 3.8) is 0 Å². The van der Waals surface area contributed by atoms with Crippen LogP contribution in [0.3, 0.4) is 0 Å². The molecule has 5 aromatic rings. The van der Waals surface area contributed by atoms with Gasteiger partial charge in [-0.2, -0.15) is 0 Å². The fraction of sp³-hybridized carbons (Fsp3) is 0.132. The smallest absolute Gasteiger partial charge is 0.407 e. The van der Waals surface area contributed by atoms with Gasteiger partial charge in [-0.3, -0.25) is 0 Å². The number of amides is 1. The minimum Gasteiger partial charge on any atom is -0.497 e. The van der Waals surface area contributed by atoms with Crippen LogP contribution in [0, 0.1) is 0 Å². The number of ether oxygens (including phenoxy) is 5. The van der Waals surface area contributed by atoms with E-state index < -0.39 is 30.2 Å². The molecule has 9 heteroatoms. The van der Waals surface area contributed by atoms with E-state index >= 15 is 0 Å². The molecule has 1 N–H and O–H groups in total. The first-order chi connectivity index (χ1) is 23.0. The highest BCUT2D eigenvalue weighted by Gasteiger charge is 2.53. The van der Waals surface area contributed by atoms with Crippen LogP contribution in [0.25, 0.3) is 11.1 Å². The molecule has 0 fully saturated rings. The quantitative estimate of drug-likeness (QED) is 0.164. The molecule has 47 heavy (non-hydrogen) atoms. The Morgan fingerprint density at radius 3 is 2.02 bits per heavy atom. The van der Waals surface area contributed by atoms with Gasteiger partial charge in [-0.25, -0.2) is 14.4 Å². The Morgan fingerprint density at radius 2 is 1.34 bits per heavy atom. The number of nitrogens with one attached hydrogen (secondary N) is 1. The number of carbonyl (C=O) groups excluding carboxylic acids is 3. The summed E-state index contributed by atoms with van der Waals surface area (Å²) < 4.78 is 28.9. The average molecular weight is 626 g/mol. The second-order valence-electron chi connectivity index (χ2n) is 11.4. The molecule has 1 atom stereocenters. The predicted molar refractivity (Wildman–Crippen MR) is 170 cm³/mol. The van der Waals surface area contributed by atoms with Gasteiger partial charge in [-0.1, -0.05) is 66.7 Å². The molecule has 9 nitrogen and oxygen atoms in total. The first kappa shape index (κ1) is 28.4.